The first kappa shape index (κ1) is 17.1. The second kappa shape index (κ2) is 7.82. The monoisotopic (exact) mass is 363 g/mol. The predicted octanol–water partition coefficient (Wildman–Crippen LogP) is 2.50. The molecule has 118 valence electrons. The number of halogens is 3. The Hall–Kier alpha value is -1.28. The van der Waals surface area contributed by atoms with E-state index in [2.05, 4.69) is 14.7 Å². The lowest BCUT2D eigenvalue weighted by molar-refractivity contribution is -0.121. The third kappa shape index (κ3) is 4.13. The predicted molar refractivity (Wildman–Crippen MR) is 83.7 cm³/mol. The fraction of sp³-hybridized carbons (Fsp3) is 0.308. The van der Waals surface area contributed by atoms with E-state index in [1.54, 1.807) is 24.3 Å². The molecule has 2 atom stereocenters. The first-order chi connectivity index (χ1) is 10.5. The lowest BCUT2D eigenvalue weighted by atomic mass is 10.0. The Bertz CT molecular complexity index is 610. The highest BCUT2D eigenvalue weighted by molar-refractivity contribution is 7.09. The molecule has 1 aromatic carbocycles. The van der Waals surface area contributed by atoms with Crippen molar-refractivity contribution in [2.24, 2.45) is 0 Å². The van der Waals surface area contributed by atoms with Crippen molar-refractivity contribution in [2.75, 3.05) is 6.67 Å². The molecule has 0 aliphatic carbocycles. The molecule has 0 radical (unpaired) electrons. The Morgan fingerprint density at radius 2 is 2.05 bits per heavy atom. The maximum Gasteiger partial charge on any atom is 0.253 e. The molecular weight excluding hydrogens is 352 g/mol. The van der Waals surface area contributed by atoms with Crippen LogP contribution in [-0.4, -0.2) is 37.9 Å². The smallest absolute Gasteiger partial charge is 0.253 e. The van der Waals surface area contributed by atoms with Crippen LogP contribution >= 0.6 is 34.7 Å². The van der Waals surface area contributed by atoms with Crippen molar-refractivity contribution in [3.63, 3.8) is 0 Å². The van der Waals surface area contributed by atoms with Crippen LogP contribution in [0.15, 0.2) is 30.6 Å². The van der Waals surface area contributed by atoms with Gasteiger partial charge in [-0.05, 0) is 17.1 Å². The van der Waals surface area contributed by atoms with Gasteiger partial charge < -0.3 is 10.4 Å². The minimum Gasteiger partial charge on any atom is -0.386 e. The standard InChI is InChI=1S/C13H12Cl2FN3O2S/c14-11(15)12(21)19-9(5-16)10(20)7-1-3-8(4-2-7)13-17-6-18-22-13/h1-4,6,9-11,20H,5H2,(H,19,21)/t9-,10-/m1/s1. The van der Waals surface area contributed by atoms with Crippen molar-refractivity contribution in [3.05, 3.63) is 36.2 Å². The van der Waals surface area contributed by atoms with Gasteiger partial charge in [0.15, 0.2) is 4.84 Å². The van der Waals surface area contributed by atoms with Gasteiger partial charge in [-0.2, -0.15) is 4.37 Å². The number of aliphatic hydroxyl groups is 1. The SMILES string of the molecule is O=C(N[C@H](CF)[C@H](O)c1ccc(-c2ncns2)cc1)C(Cl)Cl. The Kier molecular flexibility index (Phi) is 6.07. The number of hydrogen-bond acceptors (Lipinski definition) is 5. The molecule has 0 bridgehead atoms. The highest BCUT2D eigenvalue weighted by Gasteiger charge is 2.25. The largest absolute Gasteiger partial charge is 0.386 e. The third-order valence-corrected chi connectivity index (χ3v) is 4.04. The quantitative estimate of drug-likeness (QED) is 0.773. The lowest BCUT2D eigenvalue weighted by Gasteiger charge is -2.22. The Labute approximate surface area is 140 Å². The number of nitrogens with one attached hydrogen (secondary N) is 1. The molecule has 0 spiro atoms. The van der Waals surface area contributed by atoms with Crippen LogP contribution < -0.4 is 5.32 Å². The van der Waals surface area contributed by atoms with Crippen molar-refractivity contribution in [1.29, 1.82) is 0 Å². The van der Waals surface area contributed by atoms with Crippen LogP contribution in [0.5, 0.6) is 0 Å². The summed E-state index contributed by atoms with van der Waals surface area (Å²) in [6.07, 6.45) is 0.232. The van der Waals surface area contributed by atoms with E-state index in [0.717, 1.165) is 10.6 Å². The summed E-state index contributed by atoms with van der Waals surface area (Å²) in [5.74, 6) is -0.754. The van der Waals surface area contributed by atoms with Crippen molar-refractivity contribution in [1.82, 2.24) is 14.7 Å². The van der Waals surface area contributed by atoms with Gasteiger partial charge >= 0.3 is 0 Å². The van der Waals surface area contributed by atoms with Gasteiger partial charge in [-0.3, -0.25) is 4.79 Å². The van der Waals surface area contributed by atoms with Gasteiger partial charge in [0.05, 0.1) is 6.04 Å². The summed E-state index contributed by atoms with van der Waals surface area (Å²) >= 11 is 12.0. The summed E-state index contributed by atoms with van der Waals surface area (Å²) in [6.45, 7) is -0.953. The van der Waals surface area contributed by atoms with Crippen molar-refractivity contribution >= 4 is 40.6 Å². The fourth-order valence-electron chi connectivity index (χ4n) is 1.80. The average molecular weight is 364 g/mol. The maximum absolute atomic E-state index is 13.0. The molecule has 22 heavy (non-hydrogen) atoms. The van der Waals surface area contributed by atoms with E-state index in [9.17, 15) is 14.3 Å². The Morgan fingerprint density at radius 1 is 1.36 bits per heavy atom. The summed E-state index contributed by atoms with van der Waals surface area (Å²) in [6, 6.07) is 5.62. The molecule has 1 amide bonds. The molecule has 0 saturated heterocycles. The van der Waals surface area contributed by atoms with Crippen LogP contribution in [0, 0.1) is 0 Å². The summed E-state index contributed by atoms with van der Waals surface area (Å²) < 4.78 is 16.9. The third-order valence-electron chi connectivity index (χ3n) is 2.93. The van der Waals surface area contributed by atoms with E-state index in [1.807, 2.05) is 0 Å². The molecule has 9 heteroatoms. The van der Waals surface area contributed by atoms with Crippen LogP contribution in [0.2, 0.25) is 0 Å². The number of hydrogen-bond donors (Lipinski definition) is 2. The van der Waals surface area contributed by atoms with Gasteiger partial charge in [-0.1, -0.05) is 47.5 Å². The van der Waals surface area contributed by atoms with E-state index < -0.39 is 29.6 Å². The van der Waals surface area contributed by atoms with E-state index in [-0.39, 0.29) is 0 Å². The minimum atomic E-state index is -1.32. The number of rotatable bonds is 6. The van der Waals surface area contributed by atoms with E-state index in [1.165, 1.54) is 17.9 Å². The second-order valence-corrected chi connectivity index (χ2v) is 6.26. The van der Waals surface area contributed by atoms with Gasteiger partial charge in [0.1, 0.15) is 24.1 Å². The highest BCUT2D eigenvalue weighted by atomic mass is 35.5. The van der Waals surface area contributed by atoms with E-state index in [4.69, 9.17) is 23.2 Å². The number of aromatic nitrogens is 2. The molecule has 2 aromatic rings. The maximum atomic E-state index is 13.0. The number of nitrogens with zero attached hydrogens (tertiary/aromatic N) is 2. The van der Waals surface area contributed by atoms with Gasteiger partial charge in [0, 0.05) is 5.56 Å². The van der Waals surface area contributed by atoms with Gasteiger partial charge in [0.25, 0.3) is 5.91 Å². The van der Waals surface area contributed by atoms with Crippen LogP contribution in [0.25, 0.3) is 10.6 Å². The number of amides is 1. The lowest BCUT2D eigenvalue weighted by Crippen LogP contribution is -2.43. The topological polar surface area (TPSA) is 75.1 Å². The van der Waals surface area contributed by atoms with Gasteiger partial charge in [-0.25, -0.2) is 9.37 Å². The van der Waals surface area contributed by atoms with Crippen molar-refractivity contribution in [3.8, 4) is 10.6 Å². The summed E-state index contributed by atoms with van der Waals surface area (Å²) in [5, 5.41) is 13.2. The number of carbonyl (C=O) groups excluding carboxylic acids is 1. The van der Waals surface area contributed by atoms with Crippen LogP contribution in [-0.2, 0) is 4.79 Å². The van der Waals surface area contributed by atoms with E-state index in [0.29, 0.717) is 5.56 Å². The Balaban J connectivity index is 2.10. The molecule has 1 aromatic heterocycles. The molecule has 5 nitrogen and oxygen atoms in total. The fourth-order valence-corrected chi connectivity index (χ4v) is 2.46. The summed E-state index contributed by atoms with van der Waals surface area (Å²) in [5.41, 5.74) is 1.29. The minimum absolute atomic E-state index is 0.455. The molecule has 2 N–H and O–H groups in total. The molecule has 0 saturated carbocycles. The van der Waals surface area contributed by atoms with Crippen LogP contribution in [0.4, 0.5) is 4.39 Å². The second-order valence-electron chi connectivity index (χ2n) is 4.38. The number of benzene rings is 1. The normalized spacial score (nSPS) is 13.9. The molecule has 1 heterocycles. The van der Waals surface area contributed by atoms with Crippen molar-refractivity contribution in [2.45, 2.75) is 17.0 Å². The zero-order valence-corrected chi connectivity index (χ0v) is 13.4. The molecule has 0 aliphatic heterocycles. The number of carbonyl (C=O) groups is 1. The summed E-state index contributed by atoms with van der Waals surface area (Å²) in [4.78, 5) is 14.1. The van der Waals surface area contributed by atoms with Gasteiger partial charge in [0.2, 0.25) is 0 Å². The molecule has 0 unspecified atom stereocenters. The number of alkyl halides is 3. The van der Waals surface area contributed by atoms with Crippen LogP contribution in [0.1, 0.15) is 11.7 Å². The van der Waals surface area contributed by atoms with Gasteiger partial charge in [-0.15, -0.1) is 0 Å². The molecule has 0 fully saturated rings. The van der Waals surface area contributed by atoms with Crippen LogP contribution in [0.3, 0.4) is 0 Å². The number of aliphatic hydroxyl groups excluding tert-OH is 1. The first-order valence-corrected chi connectivity index (χ1v) is 7.87. The zero-order valence-electron chi connectivity index (χ0n) is 11.1. The summed E-state index contributed by atoms with van der Waals surface area (Å²) in [7, 11) is 0. The highest BCUT2D eigenvalue weighted by Crippen LogP contribution is 2.24. The van der Waals surface area contributed by atoms with Crippen molar-refractivity contribution < 1.29 is 14.3 Å². The molecule has 2 rings (SSSR count). The average Bonchev–Trinajstić information content (AvgIpc) is 3.06. The first-order valence-electron chi connectivity index (χ1n) is 6.22. The Morgan fingerprint density at radius 3 is 2.55 bits per heavy atom. The zero-order chi connectivity index (χ0) is 16.1. The molecular formula is C13H12Cl2FN3O2S. The van der Waals surface area contributed by atoms with E-state index >= 15 is 0 Å². The molecule has 0 aliphatic rings.